The van der Waals surface area contributed by atoms with Gasteiger partial charge in [0.2, 0.25) is 5.43 Å². The summed E-state index contributed by atoms with van der Waals surface area (Å²) in [7, 11) is 1.54. The molecule has 0 radical (unpaired) electrons. The van der Waals surface area contributed by atoms with E-state index >= 15 is 0 Å². The standard InChI is InChI=1S/C20H20F3N3O4/c1-10-4-3-5-25(2)20(30)16-18(28)17(27)13(9-26(10)16)19(29)24-8-12-14(22)6-11(21)7-15(12)23/h6-7,9-10,28H,3-5,8H2,1-2H3,(H,24,29). The van der Waals surface area contributed by atoms with Crippen molar-refractivity contribution in [2.75, 3.05) is 13.6 Å². The van der Waals surface area contributed by atoms with E-state index in [-0.39, 0.29) is 11.7 Å². The molecule has 2 aromatic rings. The average Bonchev–Trinajstić information content (AvgIpc) is 2.67. The van der Waals surface area contributed by atoms with Gasteiger partial charge in [-0.05, 0) is 19.8 Å². The van der Waals surface area contributed by atoms with Crippen LogP contribution in [0.3, 0.4) is 0 Å². The van der Waals surface area contributed by atoms with Gasteiger partial charge in [0, 0.05) is 50.1 Å². The molecule has 2 N–H and O–H groups in total. The van der Waals surface area contributed by atoms with Crippen LogP contribution >= 0.6 is 0 Å². The summed E-state index contributed by atoms with van der Waals surface area (Å²) in [4.78, 5) is 39.0. The van der Waals surface area contributed by atoms with E-state index in [1.807, 2.05) is 0 Å². The maximum atomic E-state index is 13.8. The lowest BCUT2D eigenvalue weighted by atomic mass is 10.1. The molecule has 0 spiro atoms. The zero-order valence-corrected chi connectivity index (χ0v) is 16.3. The van der Waals surface area contributed by atoms with Gasteiger partial charge in [0.05, 0.1) is 0 Å². The fourth-order valence-electron chi connectivity index (χ4n) is 3.39. The van der Waals surface area contributed by atoms with Crippen LogP contribution in [-0.2, 0) is 6.54 Å². The zero-order chi connectivity index (χ0) is 22.2. The molecule has 0 aliphatic carbocycles. The largest absolute Gasteiger partial charge is 0.503 e. The molecular weight excluding hydrogens is 403 g/mol. The van der Waals surface area contributed by atoms with Crippen molar-refractivity contribution in [2.45, 2.75) is 32.4 Å². The molecule has 1 aromatic heterocycles. The second-order valence-electron chi connectivity index (χ2n) is 7.23. The molecule has 160 valence electrons. The molecule has 1 aliphatic heterocycles. The molecule has 2 amide bonds. The van der Waals surface area contributed by atoms with Gasteiger partial charge in [-0.1, -0.05) is 0 Å². The van der Waals surface area contributed by atoms with Gasteiger partial charge >= 0.3 is 0 Å². The van der Waals surface area contributed by atoms with Crippen LogP contribution in [0.1, 0.15) is 52.2 Å². The molecule has 1 atom stereocenters. The van der Waals surface area contributed by atoms with E-state index in [1.165, 1.54) is 9.47 Å². The summed E-state index contributed by atoms with van der Waals surface area (Å²) in [5.74, 6) is -5.90. The first-order valence-electron chi connectivity index (χ1n) is 9.27. The van der Waals surface area contributed by atoms with Crippen LogP contribution in [0.5, 0.6) is 5.75 Å². The number of fused-ring (bicyclic) bond motifs is 1. The van der Waals surface area contributed by atoms with Crippen LogP contribution < -0.4 is 10.7 Å². The fourth-order valence-corrected chi connectivity index (χ4v) is 3.39. The summed E-state index contributed by atoms with van der Waals surface area (Å²) in [5, 5.41) is 12.6. The lowest BCUT2D eigenvalue weighted by Crippen LogP contribution is -2.37. The van der Waals surface area contributed by atoms with Gasteiger partial charge in [0.25, 0.3) is 11.8 Å². The van der Waals surface area contributed by atoms with Crippen LogP contribution in [0.4, 0.5) is 13.2 Å². The normalized spacial score (nSPS) is 16.6. The Balaban J connectivity index is 1.97. The second-order valence-corrected chi connectivity index (χ2v) is 7.23. The van der Waals surface area contributed by atoms with E-state index in [9.17, 15) is 32.7 Å². The van der Waals surface area contributed by atoms with Crippen LogP contribution in [0.15, 0.2) is 23.1 Å². The lowest BCUT2D eigenvalue weighted by molar-refractivity contribution is 0.0759. The number of halogens is 3. The number of nitrogens with one attached hydrogen (secondary N) is 1. The van der Waals surface area contributed by atoms with Crippen molar-refractivity contribution in [3.05, 3.63) is 62.8 Å². The maximum absolute atomic E-state index is 13.8. The molecule has 0 fully saturated rings. The summed E-state index contributed by atoms with van der Waals surface area (Å²) in [5.41, 5.74) is -2.36. The molecule has 7 nitrogen and oxygen atoms in total. The van der Waals surface area contributed by atoms with Crippen molar-refractivity contribution in [1.29, 1.82) is 0 Å². The molecule has 0 bridgehead atoms. The van der Waals surface area contributed by atoms with Gasteiger partial charge in [-0.15, -0.1) is 0 Å². The topological polar surface area (TPSA) is 91.6 Å². The zero-order valence-electron chi connectivity index (χ0n) is 16.3. The fraction of sp³-hybridized carbons (Fsp3) is 0.350. The molecule has 1 unspecified atom stereocenters. The molecule has 2 heterocycles. The Labute approximate surface area is 169 Å². The van der Waals surface area contributed by atoms with Crippen molar-refractivity contribution in [2.24, 2.45) is 0 Å². The number of benzene rings is 1. The number of aromatic hydroxyl groups is 1. The number of pyridine rings is 1. The van der Waals surface area contributed by atoms with E-state index in [0.29, 0.717) is 31.5 Å². The van der Waals surface area contributed by atoms with Crippen LogP contribution in [0, 0.1) is 17.5 Å². The Morgan fingerprint density at radius 3 is 2.50 bits per heavy atom. The predicted molar refractivity (Wildman–Crippen MR) is 101 cm³/mol. The number of nitrogens with zero attached hydrogens (tertiary/aromatic N) is 2. The van der Waals surface area contributed by atoms with Crippen LogP contribution in [0.25, 0.3) is 0 Å². The summed E-state index contributed by atoms with van der Waals surface area (Å²) in [6.07, 6.45) is 2.46. The highest BCUT2D eigenvalue weighted by atomic mass is 19.1. The highest BCUT2D eigenvalue weighted by molar-refractivity contribution is 5.98. The van der Waals surface area contributed by atoms with Gasteiger partial charge in [0.1, 0.15) is 23.0 Å². The molecule has 0 saturated heterocycles. The van der Waals surface area contributed by atoms with Gasteiger partial charge < -0.3 is 19.9 Å². The summed E-state index contributed by atoms with van der Waals surface area (Å²) in [6.45, 7) is 1.58. The quantitative estimate of drug-likeness (QED) is 0.793. The van der Waals surface area contributed by atoms with Crippen LogP contribution in [0.2, 0.25) is 0 Å². The number of amides is 2. The van der Waals surface area contributed by atoms with Gasteiger partial charge in [-0.25, -0.2) is 13.2 Å². The number of rotatable bonds is 3. The Morgan fingerprint density at radius 1 is 1.23 bits per heavy atom. The van der Waals surface area contributed by atoms with Gasteiger partial charge in [-0.3, -0.25) is 14.4 Å². The third-order valence-electron chi connectivity index (χ3n) is 5.13. The smallest absolute Gasteiger partial charge is 0.274 e. The highest BCUT2D eigenvalue weighted by Gasteiger charge is 2.29. The summed E-state index contributed by atoms with van der Waals surface area (Å²) in [6, 6.07) is 0.656. The maximum Gasteiger partial charge on any atom is 0.274 e. The minimum Gasteiger partial charge on any atom is -0.503 e. The molecule has 30 heavy (non-hydrogen) atoms. The molecule has 1 aromatic carbocycles. The van der Waals surface area contributed by atoms with Crippen molar-refractivity contribution >= 4 is 11.8 Å². The summed E-state index contributed by atoms with van der Waals surface area (Å²) < 4.78 is 41.9. The Morgan fingerprint density at radius 2 is 1.87 bits per heavy atom. The molecule has 10 heteroatoms. The number of aromatic nitrogens is 1. The van der Waals surface area contributed by atoms with Crippen molar-refractivity contribution < 1.29 is 27.9 Å². The van der Waals surface area contributed by atoms with E-state index < -0.39 is 58.1 Å². The number of carbonyl (C=O) groups is 2. The SMILES string of the molecule is CC1CCCN(C)C(=O)c2c(O)c(=O)c(C(=O)NCc3c(F)cc(F)cc3F)cn21. The van der Waals surface area contributed by atoms with Crippen molar-refractivity contribution in [1.82, 2.24) is 14.8 Å². The highest BCUT2D eigenvalue weighted by Crippen LogP contribution is 2.25. The van der Waals surface area contributed by atoms with Gasteiger partial charge in [-0.2, -0.15) is 0 Å². The molecule has 0 saturated carbocycles. The van der Waals surface area contributed by atoms with Crippen molar-refractivity contribution in [3.63, 3.8) is 0 Å². The molecule has 1 aliphatic rings. The Hall–Kier alpha value is -3.30. The third-order valence-corrected chi connectivity index (χ3v) is 5.13. The molecule has 3 rings (SSSR count). The minimum absolute atomic E-state index is 0.220. The first-order chi connectivity index (χ1) is 14.1. The predicted octanol–water partition coefficient (Wildman–Crippen LogP) is 2.33. The van der Waals surface area contributed by atoms with Crippen molar-refractivity contribution in [3.8, 4) is 5.75 Å². The van der Waals surface area contributed by atoms with E-state index in [0.717, 1.165) is 6.20 Å². The van der Waals surface area contributed by atoms with E-state index in [1.54, 1.807) is 14.0 Å². The van der Waals surface area contributed by atoms with Crippen LogP contribution in [-0.4, -0.2) is 40.0 Å². The Kier molecular flexibility index (Phi) is 5.86. The lowest BCUT2D eigenvalue weighted by Gasteiger charge is -2.28. The van der Waals surface area contributed by atoms with E-state index in [4.69, 9.17) is 0 Å². The Bertz CT molecular complexity index is 1060. The summed E-state index contributed by atoms with van der Waals surface area (Å²) >= 11 is 0. The monoisotopic (exact) mass is 423 g/mol. The number of carbonyl (C=O) groups excluding carboxylic acids is 2. The first-order valence-corrected chi connectivity index (χ1v) is 9.27. The minimum atomic E-state index is -1.19. The second kappa shape index (κ2) is 8.21. The average molecular weight is 423 g/mol. The van der Waals surface area contributed by atoms with Gasteiger partial charge in [0.15, 0.2) is 11.4 Å². The number of hydrogen-bond donors (Lipinski definition) is 2. The van der Waals surface area contributed by atoms with E-state index in [2.05, 4.69) is 5.32 Å². The third kappa shape index (κ3) is 3.89. The number of hydrogen-bond acceptors (Lipinski definition) is 4. The molecular formula is C20H20F3N3O4. The first kappa shape index (κ1) is 21.4.